The number of benzene rings is 3. The van der Waals surface area contributed by atoms with E-state index < -0.39 is 39.2 Å². The minimum atomic E-state index is -4.74. The molecular formula is C21H14Cl3F3N2O3S. The van der Waals surface area contributed by atoms with E-state index in [9.17, 15) is 26.4 Å². The maximum atomic E-state index is 13.3. The molecule has 3 aromatic carbocycles. The Labute approximate surface area is 202 Å². The number of alkyl halides is 3. The summed E-state index contributed by atoms with van der Waals surface area (Å²) in [6.45, 7) is -0.790. The molecule has 0 aliphatic heterocycles. The topological polar surface area (TPSA) is 66.5 Å². The van der Waals surface area contributed by atoms with Crippen molar-refractivity contribution < 1.29 is 26.4 Å². The summed E-state index contributed by atoms with van der Waals surface area (Å²) in [6, 6.07) is 14.1. The molecule has 0 unspecified atom stereocenters. The molecule has 0 bridgehead atoms. The molecule has 0 atom stereocenters. The van der Waals surface area contributed by atoms with E-state index in [0.717, 1.165) is 16.4 Å². The second-order valence-electron chi connectivity index (χ2n) is 6.66. The van der Waals surface area contributed by atoms with Crippen molar-refractivity contribution in [1.82, 2.24) is 0 Å². The van der Waals surface area contributed by atoms with E-state index >= 15 is 0 Å². The van der Waals surface area contributed by atoms with Crippen molar-refractivity contribution in [2.75, 3.05) is 16.2 Å². The first-order valence-corrected chi connectivity index (χ1v) is 11.7. The second kappa shape index (κ2) is 9.80. The zero-order valence-electron chi connectivity index (χ0n) is 16.4. The van der Waals surface area contributed by atoms with Gasteiger partial charge in [0.05, 0.1) is 26.2 Å². The largest absolute Gasteiger partial charge is 0.417 e. The molecule has 0 spiro atoms. The van der Waals surface area contributed by atoms with Gasteiger partial charge in [0, 0.05) is 10.7 Å². The monoisotopic (exact) mass is 536 g/mol. The molecule has 1 amide bonds. The van der Waals surface area contributed by atoms with Gasteiger partial charge in [0.1, 0.15) is 6.54 Å². The van der Waals surface area contributed by atoms with Crippen LogP contribution in [0.3, 0.4) is 0 Å². The lowest BCUT2D eigenvalue weighted by molar-refractivity contribution is -0.137. The van der Waals surface area contributed by atoms with Crippen LogP contribution in [0, 0.1) is 0 Å². The number of sulfonamides is 1. The number of nitrogens with one attached hydrogen (secondary N) is 1. The van der Waals surface area contributed by atoms with Gasteiger partial charge in [-0.3, -0.25) is 9.10 Å². The zero-order valence-corrected chi connectivity index (χ0v) is 19.5. The van der Waals surface area contributed by atoms with Crippen LogP contribution in [-0.4, -0.2) is 20.9 Å². The van der Waals surface area contributed by atoms with Crippen molar-refractivity contribution in [2.45, 2.75) is 11.1 Å². The van der Waals surface area contributed by atoms with Gasteiger partial charge in [0.25, 0.3) is 10.0 Å². The summed E-state index contributed by atoms with van der Waals surface area (Å²) >= 11 is 17.8. The highest BCUT2D eigenvalue weighted by atomic mass is 35.5. The summed E-state index contributed by atoms with van der Waals surface area (Å²) in [5, 5.41) is 1.88. The SMILES string of the molecule is O=C(CN(c1cc(Cl)ccc1Cl)S(=O)(=O)c1ccccc1)Nc1ccc(Cl)c(C(F)(F)F)c1. The molecular weight excluding hydrogens is 524 g/mol. The first-order chi connectivity index (χ1) is 15.4. The van der Waals surface area contributed by atoms with Crippen molar-refractivity contribution >= 4 is 62.1 Å². The molecule has 12 heteroatoms. The fraction of sp³-hybridized carbons (Fsp3) is 0.0952. The van der Waals surface area contributed by atoms with E-state index in [1.54, 1.807) is 6.07 Å². The van der Waals surface area contributed by atoms with E-state index in [-0.39, 0.29) is 26.3 Å². The van der Waals surface area contributed by atoms with Crippen molar-refractivity contribution in [3.8, 4) is 0 Å². The number of hydrogen-bond acceptors (Lipinski definition) is 3. The number of halogens is 6. The summed E-state index contributed by atoms with van der Waals surface area (Å²) in [7, 11) is -4.29. The van der Waals surface area contributed by atoms with Crippen LogP contribution < -0.4 is 9.62 Å². The van der Waals surface area contributed by atoms with Crippen LogP contribution in [0.2, 0.25) is 15.1 Å². The molecule has 5 nitrogen and oxygen atoms in total. The van der Waals surface area contributed by atoms with Gasteiger partial charge in [0.15, 0.2) is 0 Å². The summed E-state index contributed by atoms with van der Waals surface area (Å²) in [5.41, 5.74) is -1.44. The van der Waals surface area contributed by atoms with Gasteiger partial charge in [-0.1, -0.05) is 53.0 Å². The number of carbonyl (C=O) groups excluding carboxylic acids is 1. The Morgan fingerprint density at radius 1 is 0.909 bits per heavy atom. The molecule has 3 aromatic rings. The van der Waals surface area contributed by atoms with Crippen molar-refractivity contribution in [2.24, 2.45) is 0 Å². The highest BCUT2D eigenvalue weighted by Crippen LogP contribution is 2.36. The van der Waals surface area contributed by atoms with Crippen LogP contribution in [0.15, 0.2) is 71.6 Å². The van der Waals surface area contributed by atoms with Gasteiger partial charge < -0.3 is 5.32 Å². The molecule has 0 saturated heterocycles. The summed E-state index contributed by atoms with van der Waals surface area (Å²) < 4.78 is 66.6. The molecule has 3 rings (SSSR count). The third-order valence-electron chi connectivity index (χ3n) is 4.35. The summed E-state index contributed by atoms with van der Waals surface area (Å²) in [5.74, 6) is -0.916. The van der Waals surface area contributed by atoms with Crippen LogP contribution in [0.25, 0.3) is 0 Å². The van der Waals surface area contributed by atoms with Crippen molar-refractivity contribution in [1.29, 1.82) is 0 Å². The number of rotatable bonds is 6. The zero-order chi connectivity index (χ0) is 24.4. The summed E-state index contributed by atoms with van der Waals surface area (Å²) in [6.07, 6.45) is -4.74. The van der Waals surface area contributed by atoms with Crippen LogP contribution in [0.1, 0.15) is 5.56 Å². The normalized spacial score (nSPS) is 11.8. The third-order valence-corrected chi connectivity index (χ3v) is 7.01. The lowest BCUT2D eigenvalue weighted by atomic mass is 10.2. The van der Waals surface area contributed by atoms with Gasteiger partial charge in [-0.05, 0) is 48.5 Å². The smallest absolute Gasteiger partial charge is 0.324 e. The van der Waals surface area contributed by atoms with E-state index in [2.05, 4.69) is 5.32 Å². The highest BCUT2D eigenvalue weighted by molar-refractivity contribution is 7.92. The van der Waals surface area contributed by atoms with Gasteiger partial charge >= 0.3 is 6.18 Å². The Kier molecular flexibility index (Phi) is 7.48. The average molecular weight is 538 g/mol. The van der Waals surface area contributed by atoms with Gasteiger partial charge in [0.2, 0.25) is 5.91 Å². The molecule has 0 heterocycles. The lowest BCUT2D eigenvalue weighted by Crippen LogP contribution is -2.38. The quantitative estimate of drug-likeness (QED) is 0.390. The molecule has 174 valence electrons. The number of amides is 1. The van der Waals surface area contributed by atoms with E-state index in [4.69, 9.17) is 34.8 Å². The summed E-state index contributed by atoms with van der Waals surface area (Å²) in [4.78, 5) is 12.6. The second-order valence-corrected chi connectivity index (χ2v) is 9.77. The van der Waals surface area contributed by atoms with Crippen LogP contribution in [-0.2, 0) is 21.0 Å². The molecule has 33 heavy (non-hydrogen) atoms. The predicted molar refractivity (Wildman–Crippen MR) is 123 cm³/mol. The maximum absolute atomic E-state index is 13.3. The molecule has 0 radical (unpaired) electrons. The number of nitrogens with zero attached hydrogens (tertiary/aromatic N) is 1. The number of hydrogen-bond donors (Lipinski definition) is 1. The van der Waals surface area contributed by atoms with E-state index in [1.807, 2.05) is 0 Å². The third kappa shape index (κ3) is 5.92. The van der Waals surface area contributed by atoms with Crippen molar-refractivity contribution in [3.05, 3.63) is 87.4 Å². The minimum Gasteiger partial charge on any atom is -0.324 e. The average Bonchev–Trinajstić information content (AvgIpc) is 2.75. The predicted octanol–water partition coefficient (Wildman–Crippen LogP) is 6.50. The first-order valence-electron chi connectivity index (χ1n) is 9.09. The maximum Gasteiger partial charge on any atom is 0.417 e. The van der Waals surface area contributed by atoms with E-state index in [0.29, 0.717) is 6.07 Å². The van der Waals surface area contributed by atoms with Gasteiger partial charge in [-0.15, -0.1) is 0 Å². The van der Waals surface area contributed by atoms with E-state index in [1.165, 1.54) is 42.5 Å². The molecule has 0 saturated carbocycles. The Hall–Kier alpha value is -2.46. The molecule has 0 aliphatic rings. The van der Waals surface area contributed by atoms with Gasteiger partial charge in [-0.25, -0.2) is 8.42 Å². The fourth-order valence-electron chi connectivity index (χ4n) is 2.85. The van der Waals surface area contributed by atoms with Crippen LogP contribution in [0.5, 0.6) is 0 Å². The molecule has 0 aliphatic carbocycles. The first kappa shape index (κ1) is 25.2. The lowest BCUT2D eigenvalue weighted by Gasteiger charge is -2.25. The fourth-order valence-corrected chi connectivity index (χ4v) is 4.96. The Bertz CT molecular complexity index is 1290. The molecule has 0 fully saturated rings. The number of carbonyl (C=O) groups is 1. The van der Waals surface area contributed by atoms with Crippen LogP contribution >= 0.6 is 34.8 Å². The molecule has 0 aromatic heterocycles. The Morgan fingerprint density at radius 2 is 1.55 bits per heavy atom. The van der Waals surface area contributed by atoms with Crippen LogP contribution in [0.4, 0.5) is 24.5 Å². The Morgan fingerprint density at radius 3 is 2.18 bits per heavy atom. The van der Waals surface area contributed by atoms with Crippen molar-refractivity contribution in [3.63, 3.8) is 0 Å². The number of anilines is 2. The molecule has 1 N–H and O–H groups in total. The highest BCUT2D eigenvalue weighted by Gasteiger charge is 2.34. The van der Waals surface area contributed by atoms with Gasteiger partial charge in [-0.2, -0.15) is 13.2 Å². The standard InChI is InChI=1S/C21H14Cl3F3N2O3S/c22-13-6-8-18(24)19(10-13)29(33(31,32)15-4-2-1-3-5-15)12-20(30)28-14-7-9-17(23)16(11-14)21(25,26)27/h1-11H,12H2,(H,28,30). The Balaban J connectivity index is 1.98. The minimum absolute atomic E-state index is 0.00226.